The van der Waals surface area contributed by atoms with Crippen LogP contribution in [0.3, 0.4) is 0 Å². The van der Waals surface area contributed by atoms with Crippen molar-refractivity contribution in [2.45, 2.75) is 25.3 Å². The van der Waals surface area contributed by atoms with Crippen LogP contribution < -0.4 is 5.01 Å². The van der Waals surface area contributed by atoms with Gasteiger partial charge in [-0.25, -0.2) is 0 Å². The Bertz CT molecular complexity index is 958. The van der Waals surface area contributed by atoms with Gasteiger partial charge in [-0.2, -0.15) is 5.10 Å². The van der Waals surface area contributed by atoms with Crippen LogP contribution in [0.4, 0.5) is 5.69 Å². The maximum absolute atomic E-state index is 5.56. The number of hydrogen-bond acceptors (Lipinski definition) is 3. The summed E-state index contributed by atoms with van der Waals surface area (Å²) in [5, 5.41) is 7.36. The smallest absolute Gasteiger partial charge is 0.126 e. The molecule has 0 radical (unpaired) electrons. The number of allylic oxidation sites excluding steroid dienone is 1. The Labute approximate surface area is 159 Å². The van der Waals surface area contributed by atoms with E-state index in [1.807, 2.05) is 12.1 Å². The summed E-state index contributed by atoms with van der Waals surface area (Å²) >= 11 is 0. The predicted octanol–water partition coefficient (Wildman–Crippen LogP) is 6.08. The van der Waals surface area contributed by atoms with Gasteiger partial charge in [0, 0.05) is 5.92 Å². The van der Waals surface area contributed by atoms with E-state index in [1.165, 1.54) is 23.3 Å². The highest BCUT2D eigenvalue weighted by atomic mass is 16.3. The Hall–Kier alpha value is -3.07. The highest BCUT2D eigenvalue weighted by Gasteiger charge is 2.41. The van der Waals surface area contributed by atoms with Crippen LogP contribution in [0, 0.1) is 5.92 Å². The molecule has 1 saturated carbocycles. The molecule has 0 saturated heterocycles. The fourth-order valence-corrected chi connectivity index (χ4v) is 4.32. The summed E-state index contributed by atoms with van der Waals surface area (Å²) in [4.78, 5) is 0. The molecule has 2 aliphatic rings. The van der Waals surface area contributed by atoms with E-state index >= 15 is 0 Å². The molecule has 0 spiro atoms. The molecule has 2 unspecified atom stereocenters. The van der Waals surface area contributed by atoms with Crippen molar-refractivity contribution in [2.75, 3.05) is 5.01 Å². The van der Waals surface area contributed by atoms with E-state index in [2.05, 4.69) is 71.7 Å². The zero-order chi connectivity index (χ0) is 18.1. The van der Waals surface area contributed by atoms with Gasteiger partial charge < -0.3 is 4.42 Å². The highest BCUT2D eigenvalue weighted by molar-refractivity contribution is 6.08. The van der Waals surface area contributed by atoms with Crippen molar-refractivity contribution < 1.29 is 4.42 Å². The maximum Gasteiger partial charge on any atom is 0.126 e. The lowest BCUT2D eigenvalue weighted by Gasteiger charge is -2.30. The van der Waals surface area contributed by atoms with E-state index in [4.69, 9.17) is 9.52 Å². The molecule has 3 aromatic rings. The predicted molar refractivity (Wildman–Crippen MR) is 110 cm³/mol. The zero-order valence-corrected chi connectivity index (χ0v) is 15.2. The average Bonchev–Trinajstić information content (AvgIpc) is 3.37. The van der Waals surface area contributed by atoms with Crippen LogP contribution in [0.15, 0.2) is 94.2 Å². The van der Waals surface area contributed by atoms with Crippen LogP contribution in [-0.4, -0.2) is 5.71 Å². The number of para-hydroxylation sites is 1. The van der Waals surface area contributed by atoms with Gasteiger partial charge in [0.2, 0.25) is 0 Å². The molecule has 2 atom stereocenters. The Balaban J connectivity index is 1.60. The van der Waals surface area contributed by atoms with Gasteiger partial charge in [-0.05, 0) is 60.7 Å². The number of benzene rings is 2. The van der Waals surface area contributed by atoms with Crippen LogP contribution in [0.2, 0.25) is 0 Å². The Morgan fingerprint density at radius 2 is 1.70 bits per heavy atom. The van der Waals surface area contributed by atoms with E-state index in [1.54, 1.807) is 6.26 Å². The largest absolute Gasteiger partial charge is 0.465 e. The van der Waals surface area contributed by atoms with E-state index in [-0.39, 0.29) is 6.04 Å². The van der Waals surface area contributed by atoms with Gasteiger partial charge in [-0.1, -0.05) is 48.5 Å². The summed E-state index contributed by atoms with van der Waals surface area (Å²) in [7, 11) is 0. The first kappa shape index (κ1) is 16.1. The van der Waals surface area contributed by atoms with E-state index in [9.17, 15) is 0 Å². The highest BCUT2D eigenvalue weighted by Crippen LogP contribution is 2.46. The van der Waals surface area contributed by atoms with Crippen molar-refractivity contribution in [3.63, 3.8) is 0 Å². The Kier molecular flexibility index (Phi) is 4.13. The molecule has 0 N–H and O–H groups in total. The number of fused-ring (bicyclic) bond motifs is 1. The minimum absolute atomic E-state index is 0.240. The van der Waals surface area contributed by atoms with Crippen LogP contribution in [0.25, 0.3) is 6.08 Å². The van der Waals surface area contributed by atoms with Crippen molar-refractivity contribution in [1.29, 1.82) is 0 Å². The molecular weight excluding hydrogens is 332 g/mol. The lowest BCUT2D eigenvalue weighted by molar-refractivity contribution is 0.487. The normalized spacial score (nSPS) is 23.3. The van der Waals surface area contributed by atoms with Crippen LogP contribution in [0.5, 0.6) is 0 Å². The molecular formula is C24H22N2O. The number of hydrazone groups is 1. The molecule has 27 heavy (non-hydrogen) atoms. The molecule has 2 aromatic carbocycles. The molecule has 3 heteroatoms. The van der Waals surface area contributed by atoms with Crippen LogP contribution >= 0.6 is 0 Å². The lowest BCUT2D eigenvalue weighted by atomic mass is 9.77. The molecule has 1 aliphatic heterocycles. The topological polar surface area (TPSA) is 28.7 Å². The second-order valence-corrected chi connectivity index (χ2v) is 7.20. The standard InChI is InChI=1S/C24H22N2O/c1-3-9-18(10-4-1)24-22-15-7-11-19(17-21-14-8-16-27-21)23(22)25-26(24)20-12-5-2-6-13-20/h1-6,8-10,12-14,16-17,22,24H,7,11,15H2/b19-17+. The van der Waals surface area contributed by atoms with Crippen molar-refractivity contribution in [1.82, 2.24) is 0 Å². The Morgan fingerprint density at radius 3 is 2.44 bits per heavy atom. The fraction of sp³-hybridized carbons (Fsp3) is 0.208. The fourth-order valence-electron chi connectivity index (χ4n) is 4.32. The molecule has 1 fully saturated rings. The van der Waals surface area contributed by atoms with Gasteiger partial charge in [0.05, 0.1) is 23.7 Å². The van der Waals surface area contributed by atoms with Crippen molar-refractivity contribution in [3.05, 3.63) is 96.0 Å². The Morgan fingerprint density at radius 1 is 0.926 bits per heavy atom. The number of nitrogens with zero attached hydrogens (tertiary/aromatic N) is 2. The third kappa shape index (κ3) is 2.99. The molecule has 3 nitrogen and oxygen atoms in total. The third-order valence-corrected chi connectivity index (χ3v) is 5.52. The monoisotopic (exact) mass is 354 g/mol. The van der Waals surface area contributed by atoms with Crippen molar-refractivity contribution in [2.24, 2.45) is 11.0 Å². The average molecular weight is 354 g/mol. The summed E-state index contributed by atoms with van der Waals surface area (Å²) in [5.41, 5.74) is 4.99. The van der Waals surface area contributed by atoms with Crippen LogP contribution in [-0.2, 0) is 0 Å². The lowest BCUT2D eigenvalue weighted by Crippen LogP contribution is -2.27. The second kappa shape index (κ2) is 6.92. The van der Waals surface area contributed by atoms with Gasteiger partial charge in [-0.3, -0.25) is 5.01 Å². The van der Waals surface area contributed by atoms with Gasteiger partial charge >= 0.3 is 0 Å². The first-order valence-electron chi connectivity index (χ1n) is 9.62. The summed E-state index contributed by atoms with van der Waals surface area (Å²) in [5.74, 6) is 1.31. The maximum atomic E-state index is 5.56. The van der Waals surface area contributed by atoms with E-state index in [0.29, 0.717) is 5.92 Å². The summed E-state index contributed by atoms with van der Waals surface area (Å²) < 4.78 is 5.56. The van der Waals surface area contributed by atoms with Gasteiger partial charge in [0.15, 0.2) is 0 Å². The van der Waals surface area contributed by atoms with Crippen molar-refractivity contribution >= 4 is 17.5 Å². The number of anilines is 1. The number of hydrogen-bond donors (Lipinski definition) is 0. The number of furan rings is 1. The zero-order valence-electron chi connectivity index (χ0n) is 15.2. The quantitative estimate of drug-likeness (QED) is 0.570. The van der Waals surface area contributed by atoms with Gasteiger partial charge in [0.25, 0.3) is 0 Å². The van der Waals surface area contributed by atoms with E-state index < -0.39 is 0 Å². The molecule has 1 aliphatic carbocycles. The molecule has 2 heterocycles. The molecule has 0 amide bonds. The minimum Gasteiger partial charge on any atom is -0.465 e. The van der Waals surface area contributed by atoms with Gasteiger partial charge in [-0.15, -0.1) is 0 Å². The molecule has 0 bridgehead atoms. The first-order valence-corrected chi connectivity index (χ1v) is 9.62. The van der Waals surface area contributed by atoms with E-state index in [0.717, 1.165) is 24.3 Å². The molecule has 5 rings (SSSR count). The molecule has 1 aromatic heterocycles. The first-order chi connectivity index (χ1) is 13.4. The summed E-state index contributed by atoms with van der Waals surface area (Å²) in [6, 6.07) is 25.5. The van der Waals surface area contributed by atoms with Crippen molar-refractivity contribution in [3.8, 4) is 0 Å². The van der Waals surface area contributed by atoms with Crippen LogP contribution in [0.1, 0.15) is 36.6 Å². The minimum atomic E-state index is 0.240. The third-order valence-electron chi connectivity index (χ3n) is 5.52. The SMILES string of the molecule is C(=C1/CCCC2C1=NN(c1ccccc1)C2c1ccccc1)/c1ccco1. The summed E-state index contributed by atoms with van der Waals surface area (Å²) in [6.45, 7) is 0. The molecule has 134 valence electrons. The summed E-state index contributed by atoms with van der Waals surface area (Å²) in [6.07, 6.45) is 7.30. The second-order valence-electron chi connectivity index (χ2n) is 7.20. The van der Waals surface area contributed by atoms with Gasteiger partial charge in [0.1, 0.15) is 5.76 Å². The number of rotatable bonds is 3.